The summed E-state index contributed by atoms with van der Waals surface area (Å²) >= 11 is 0. The Labute approximate surface area is 146 Å². The minimum atomic E-state index is -0.842. The van der Waals surface area contributed by atoms with Crippen LogP contribution in [0, 0.1) is 11.7 Å². The van der Waals surface area contributed by atoms with Gasteiger partial charge < -0.3 is 15.4 Å². The summed E-state index contributed by atoms with van der Waals surface area (Å²) in [5.74, 6) is -1.77. The second-order valence-corrected chi connectivity index (χ2v) is 6.64. The van der Waals surface area contributed by atoms with Crippen LogP contribution in [-0.2, 0) is 14.3 Å². The Hall–Kier alpha value is -1.99. The number of nitrogens with zero attached hydrogens (tertiary/aromatic N) is 1. The van der Waals surface area contributed by atoms with Crippen LogP contribution < -0.4 is 10.6 Å². The molecule has 0 saturated carbocycles. The minimum Gasteiger partial charge on any atom is -0.380 e. The van der Waals surface area contributed by atoms with Crippen molar-refractivity contribution < 1.29 is 18.7 Å². The van der Waals surface area contributed by atoms with E-state index in [1.807, 2.05) is 0 Å². The van der Waals surface area contributed by atoms with Crippen molar-refractivity contribution in [1.29, 1.82) is 0 Å². The van der Waals surface area contributed by atoms with Crippen LogP contribution in [0.5, 0.6) is 0 Å². The van der Waals surface area contributed by atoms with Gasteiger partial charge in [0.25, 0.3) is 0 Å². The van der Waals surface area contributed by atoms with Gasteiger partial charge in [-0.3, -0.25) is 14.5 Å². The van der Waals surface area contributed by atoms with Gasteiger partial charge in [-0.05, 0) is 50.4 Å². The molecule has 6 nitrogen and oxygen atoms in total. The Balaban J connectivity index is 1.39. The van der Waals surface area contributed by atoms with Gasteiger partial charge in [-0.25, -0.2) is 4.39 Å². The normalized spacial score (nSPS) is 21.9. The van der Waals surface area contributed by atoms with Crippen LogP contribution in [0.3, 0.4) is 0 Å². The first-order valence-corrected chi connectivity index (χ1v) is 8.79. The molecule has 0 spiro atoms. The average molecular weight is 349 g/mol. The fourth-order valence-electron chi connectivity index (χ4n) is 3.39. The maximum absolute atomic E-state index is 13.5. The van der Waals surface area contributed by atoms with Gasteiger partial charge in [-0.1, -0.05) is 12.1 Å². The molecule has 25 heavy (non-hydrogen) atoms. The lowest BCUT2D eigenvalue weighted by atomic mass is 9.95. The number of anilines is 1. The Bertz CT molecular complexity index is 611. The van der Waals surface area contributed by atoms with E-state index in [9.17, 15) is 14.0 Å². The van der Waals surface area contributed by atoms with E-state index < -0.39 is 17.6 Å². The molecule has 2 N–H and O–H groups in total. The fourth-order valence-corrected chi connectivity index (χ4v) is 3.39. The first-order chi connectivity index (χ1) is 12.1. The standard InChI is InChI=1S/C18H24FN3O3/c19-15-3-1-2-4-16(15)21-18(24)17(23)20-11-13-5-8-22(9-6-13)14-7-10-25-12-14/h1-4,13-14H,5-12H2,(H,20,23)(H,21,24). The van der Waals surface area contributed by atoms with Crippen molar-refractivity contribution in [3.05, 3.63) is 30.1 Å². The van der Waals surface area contributed by atoms with Crippen molar-refractivity contribution in [3.8, 4) is 0 Å². The highest BCUT2D eigenvalue weighted by Gasteiger charge is 2.28. The number of rotatable bonds is 4. The number of halogens is 1. The average Bonchev–Trinajstić information content (AvgIpc) is 3.16. The van der Waals surface area contributed by atoms with Crippen LogP contribution in [0.15, 0.2) is 24.3 Å². The van der Waals surface area contributed by atoms with Crippen LogP contribution in [-0.4, -0.2) is 55.6 Å². The molecule has 2 amide bonds. The summed E-state index contributed by atoms with van der Waals surface area (Å²) in [4.78, 5) is 26.2. The number of amides is 2. The van der Waals surface area contributed by atoms with E-state index in [2.05, 4.69) is 15.5 Å². The molecule has 7 heteroatoms. The Morgan fingerprint density at radius 3 is 2.60 bits per heavy atom. The molecule has 2 aliphatic rings. The smallest absolute Gasteiger partial charge is 0.313 e. The van der Waals surface area contributed by atoms with Gasteiger partial charge in [-0.2, -0.15) is 0 Å². The van der Waals surface area contributed by atoms with E-state index in [0.717, 1.165) is 45.6 Å². The van der Waals surface area contributed by atoms with Crippen LogP contribution in [0.2, 0.25) is 0 Å². The number of hydrogen-bond acceptors (Lipinski definition) is 4. The van der Waals surface area contributed by atoms with Crippen molar-refractivity contribution in [3.63, 3.8) is 0 Å². The molecule has 1 aromatic rings. The highest BCUT2D eigenvalue weighted by molar-refractivity contribution is 6.39. The maximum Gasteiger partial charge on any atom is 0.313 e. The van der Waals surface area contributed by atoms with Gasteiger partial charge >= 0.3 is 11.8 Å². The monoisotopic (exact) mass is 349 g/mol. The van der Waals surface area contributed by atoms with Gasteiger partial charge in [0.15, 0.2) is 0 Å². The second-order valence-electron chi connectivity index (χ2n) is 6.64. The molecule has 1 unspecified atom stereocenters. The molecule has 1 atom stereocenters. The third-order valence-corrected chi connectivity index (χ3v) is 4.95. The molecule has 0 bridgehead atoms. The van der Waals surface area contributed by atoms with E-state index in [-0.39, 0.29) is 5.69 Å². The first-order valence-electron chi connectivity index (χ1n) is 8.79. The predicted molar refractivity (Wildman–Crippen MR) is 91.6 cm³/mol. The molecule has 1 aromatic carbocycles. The zero-order valence-corrected chi connectivity index (χ0v) is 14.2. The lowest BCUT2D eigenvalue weighted by Gasteiger charge is -2.35. The van der Waals surface area contributed by atoms with Gasteiger partial charge in [0, 0.05) is 19.2 Å². The van der Waals surface area contributed by atoms with E-state index in [1.165, 1.54) is 18.2 Å². The zero-order chi connectivity index (χ0) is 17.6. The number of nitrogens with one attached hydrogen (secondary N) is 2. The third kappa shape index (κ3) is 4.76. The van der Waals surface area contributed by atoms with Gasteiger partial charge in [0.2, 0.25) is 0 Å². The summed E-state index contributed by atoms with van der Waals surface area (Å²) in [5, 5.41) is 4.95. The molecule has 2 aliphatic heterocycles. The molecule has 2 heterocycles. The summed E-state index contributed by atoms with van der Waals surface area (Å²) in [6, 6.07) is 6.30. The van der Waals surface area contributed by atoms with Gasteiger partial charge in [-0.15, -0.1) is 0 Å². The fraction of sp³-hybridized carbons (Fsp3) is 0.556. The van der Waals surface area contributed by atoms with E-state index >= 15 is 0 Å². The van der Waals surface area contributed by atoms with E-state index in [4.69, 9.17) is 4.74 Å². The summed E-state index contributed by atoms with van der Waals surface area (Å²) in [5.41, 5.74) is 0.00902. The topological polar surface area (TPSA) is 70.7 Å². The van der Waals surface area contributed by atoms with Crippen molar-refractivity contribution in [1.82, 2.24) is 10.2 Å². The summed E-state index contributed by atoms with van der Waals surface area (Å²) in [7, 11) is 0. The molecular weight excluding hydrogens is 325 g/mol. The molecule has 0 radical (unpaired) electrons. The summed E-state index contributed by atoms with van der Waals surface area (Å²) < 4.78 is 18.9. The number of benzene rings is 1. The van der Waals surface area contributed by atoms with Crippen LogP contribution in [0.1, 0.15) is 19.3 Å². The first kappa shape index (κ1) is 17.8. The van der Waals surface area contributed by atoms with Crippen molar-refractivity contribution in [2.45, 2.75) is 25.3 Å². The number of ether oxygens (including phenoxy) is 1. The number of carbonyl (C=O) groups is 2. The molecular formula is C18H24FN3O3. The van der Waals surface area contributed by atoms with E-state index in [0.29, 0.717) is 18.5 Å². The largest absolute Gasteiger partial charge is 0.380 e. The Morgan fingerprint density at radius 1 is 1.16 bits per heavy atom. The van der Waals surface area contributed by atoms with Crippen LogP contribution >= 0.6 is 0 Å². The SMILES string of the molecule is O=C(NCC1CCN(C2CCOC2)CC1)C(=O)Nc1ccccc1F. The number of hydrogen-bond donors (Lipinski definition) is 2. The van der Waals surface area contributed by atoms with Crippen LogP contribution in [0.25, 0.3) is 0 Å². The van der Waals surface area contributed by atoms with Crippen molar-refractivity contribution in [2.24, 2.45) is 5.92 Å². The summed E-state index contributed by atoms with van der Waals surface area (Å²) in [6.07, 6.45) is 3.08. The zero-order valence-electron chi connectivity index (χ0n) is 14.2. The Morgan fingerprint density at radius 2 is 1.92 bits per heavy atom. The highest BCUT2D eigenvalue weighted by Crippen LogP contribution is 2.22. The van der Waals surface area contributed by atoms with Crippen molar-refractivity contribution >= 4 is 17.5 Å². The molecule has 2 fully saturated rings. The molecule has 3 rings (SSSR count). The number of likely N-dealkylation sites (tertiary alicyclic amines) is 1. The minimum absolute atomic E-state index is 0.00902. The maximum atomic E-state index is 13.5. The van der Waals surface area contributed by atoms with E-state index in [1.54, 1.807) is 6.07 Å². The van der Waals surface area contributed by atoms with Gasteiger partial charge in [0.1, 0.15) is 5.82 Å². The van der Waals surface area contributed by atoms with Crippen LogP contribution in [0.4, 0.5) is 10.1 Å². The van der Waals surface area contributed by atoms with Crippen molar-refractivity contribution in [2.75, 3.05) is 38.2 Å². The second kappa shape index (κ2) is 8.40. The quantitative estimate of drug-likeness (QED) is 0.806. The lowest BCUT2D eigenvalue weighted by Crippen LogP contribution is -2.45. The Kier molecular flexibility index (Phi) is 5.99. The number of piperidine rings is 1. The molecule has 0 aliphatic carbocycles. The third-order valence-electron chi connectivity index (χ3n) is 4.95. The molecule has 136 valence electrons. The molecule has 2 saturated heterocycles. The predicted octanol–water partition coefficient (Wildman–Crippen LogP) is 1.38. The lowest BCUT2D eigenvalue weighted by molar-refractivity contribution is -0.136. The van der Waals surface area contributed by atoms with Gasteiger partial charge in [0.05, 0.1) is 12.3 Å². The highest BCUT2D eigenvalue weighted by atomic mass is 19.1. The summed E-state index contributed by atoms with van der Waals surface area (Å²) in [6.45, 7) is 4.12. The number of carbonyl (C=O) groups excluding carboxylic acids is 2. The number of para-hydroxylation sites is 1. The molecule has 0 aromatic heterocycles.